The van der Waals surface area contributed by atoms with Crippen LogP contribution < -0.4 is 5.73 Å². The highest BCUT2D eigenvalue weighted by Crippen LogP contribution is 2.42. The smallest absolute Gasteiger partial charge is 0.250 e. The van der Waals surface area contributed by atoms with Crippen LogP contribution in [0.15, 0.2) is 48.5 Å². The molecule has 1 amide bonds. The van der Waals surface area contributed by atoms with Crippen LogP contribution in [0.2, 0.25) is 0 Å². The molecule has 5 heteroatoms. The molecule has 1 atom stereocenters. The van der Waals surface area contributed by atoms with Gasteiger partial charge in [0.25, 0.3) is 0 Å². The summed E-state index contributed by atoms with van der Waals surface area (Å²) in [5.41, 5.74) is 7.64. The first kappa shape index (κ1) is 21.0. The Kier molecular flexibility index (Phi) is 6.21. The second kappa shape index (κ2) is 8.86. The maximum atomic E-state index is 13.4. The zero-order valence-corrected chi connectivity index (χ0v) is 18.4. The van der Waals surface area contributed by atoms with Crippen molar-refractivity contribution in [1.29, 1.82) is 0 Å². The summed E-state index contributed by atoms with van der Waals surface area (Å²) in [4.78, 5) is 15.5. The first-order chi connectivity index (χ1) is 14.4. The van der Waals surface area contributed by atoms with Crippen LogP contribution in [-0.2, 0) is 6.42 Å². The van der Waals surface area contributed by atoms with Crippen molar-refractivity contribution >= 4 is 27.3 Å². The SMILES string of the molecule is CN(C)C(c1ccc(F)cc1)C1CCC(Cc2sc3ccccc3c2C(N)=O)CC1. The van der Waals surface area contributed by atoms with Crippen LogP contribution in [0.5, 0.6) is 0 Å². The third kappa shape index (κ3) is 4.28. The van der Waals surface area contributed by atoms with Gasteiger partial charge in [-0.3, -0.25) is 4.79 Å². The number of carbonyl (C=O) groups excluding carboxylic acids is 1. The molecule has 30 heavy (non-hydrogen) atoms. The third-order valence-electron chi connectivity index (χ3n) is 6.49. The number of nitrogens with two attached hydrogens (primary N) is 1. The fourth-order valence-electron chi connectivity index (χ4n) is 5.13. The standard InChI is InChI=1S/C25H29FN2OS/c1-28(2)24(18-11-13-19(26)14-12-18)17-9-7-16(8-10-17)15-22-23(25(27)29)20-5-3-4-6-21(20)30-22/h3-6,11-14,16-17,24H,7-10,15H2,1-2H3,(H2,27,29). The molecule has 1 unspecified atom stereocenters. The van der Waals surface area contributed by atoms with Gasteiger partial charge >= 0.3 is 0 Å². The molecule has 1 aliphatic carbocycles. The molecule has 2 N–H and O–H groups in total. The molecule has 0 radical (unpaired) electrons. The van der Waals surface area contributed by atoms with E-state index in [9.17, 15) is 9.18 Å². The molecule has 158 valence electrons. The van der Waals surface area contributed by atoms with Gasteiger partial charge in [0.1, 0.15) is 5.82 Å². The molecule has 2 aromatic carbocycles. The van der Waals surface area contributed by atoms with Crippen LogP contribution >= 0.6 is 11.3 Å². The van der Waals surface area contributed by atoms with Crippen LogP contribution in [0.1, 0.15) is 52.5 Å². The predicted octanol–water partition coefficient (Wildman–Crippen LogP) is 5.79. The minimum absolute atomic E-state index is 0.187. The third-order valence-corrected chi connectivity index (χ3v) is 7.69. The second-order valence-corrected chi connectivity index (χ2v) is 9.84. The highest BCUT2D eigenvalue weighted by atomic mass is 32.1. The number of benzene rings is 2. The van der Waals surface area contributed by atoms with E-state index < -0.39 is 0 Å². The van der Waals surface area contributed by atoms with Crippen LogP contribution in [0.25, 0.3) is 10.1 Å². The Morgan fingerprint density at radius 1 is 1.10 bits per heavy atom. The fraction of sp³-hybridized carbons (Fsp3) is 0.400. The molecular formula is C25H29FN2OS. The monoisotopic (exact) mass is 424 g/mol. The van der Waals surface area contributed by atoms with E-state index in [1.807, 2.05) is 30.3 Å². The molecule has 0 bridgehead atoms. The molecule has 1 heterocycles. The van der Waals surface area contributed by atoms with E-state index in [0.717, 1.165) is 52.6 Å². The normalized spacial score (nSPS) is 20.5. The van der Waals surface area contributed by atoms with Gasteiger partial charge < -0.3 is 10.6 Å². The molecule has 1 fully saturated rings. The average Bonchev–Trinajstić information content (AvgIpc) is 3.08. The first-order valence-corrected chi connectivity index (χ1v) is 11.5. The number of hydrogen-bond acceptors (Lipinski definition) is 3. The Balaban J connectivity index is 1.47. The molecule has 0 aliphatic heterocycles. The fourth-order valence-corrected chi connectivity index (χ4v) is 6.46. The van der Waals surface area contributed by atoms with E-state index in [2.05, 4.69) is 25.1 Å². The first-order valence-electron chi connectivity index (χ1n) is 10.7. The van der Waals surface area contributed by atoms with Crippen molar-refractivity contribution in [3.63, 3.8) is 0 Å². The Morgan fingerprint density at radius 2 is 1.77 bits per heavy atom. The minimum Gasteiger partial charge on any atom is -0.366 e. The number of nitrogens with zero attached hydrogens (tertiary/aromatic N) is 1. The van der Waals surface area contributed by atoms with Crippen molar-refractivity contribution in [2.24, 2.45) is 17.6 Å². The molecule has 3 nitrogen and oxygen atoms in total. The van der Waals surface area contributed by atoms with Gasteiger partial charge in [0.15, 0.2) is 0 Å². The van der Waals surface area contributed by atoms with E-state index in [0.29, 0.717) is 17.9 Å². The molecule has 0 spiro atoms. The topological polar surface area (TPSA) is 46.3 Å². The molecule has 4 rings (SSSR count). The van der Waals surface area contributed by atoms with Crippen LogP contribution in [0.4, 0.5) is 4.39 Å². The molecule has 3 aromatic rings. The van der Waals surface area contributed by atoms with Crippen LogP contribution in [-0.4, -0.2) is 24.9 Å². The van der Waals surface area contributed by atoms with Crippen molar-refractivity contribution < 1.29 is 9.18 Å². The van der Waals surface area contributed by atoms with Crippen molar-refractivity contribution in [3.05, 3.63) is 70.4 Å². The number of thiophene rings is 1. The summed E-state index contributed by atoms with van der Waals surface area (Å²) in [7, 11) is 4.22. The van der Waals surface area contributed by atoms with Gasteiger partial charge in [0, 0.05) is 21.0 Å². The lowest BCUT2D eigenvalue weighted by Crippen LogP contribution is -2.30. The minimum atomic E-state index is -0.319. The Morgan fingerprint density at radius 3 is 2.40 bits per heavy atom. The van der Waals surface area contributed by atoms with E-state index in [-0.39, 0.29) is 11.7 Å². The van der Waals surface area contributed by atoms with E-state index in [1.54, 1.807) is 23.5 Å². The number of amides is 1. The quantitative estimate of drug-likeness (QED) is 0.544. The van der Waals surface area contributed by atoms with Crippen LogP contribution in [0.3, 0.4) is 0 Å². The zero-order valence-electron chi connectivity index (χ0n) is 17.6. The molecule has 0 saturated heterocycles. The summed E-state index contributed by atoms with van der Waals surface area (Å²) in [5.74, 6) is 0.622. The van der Waals surface area contributed by atoms with Gasteiger partial charge in [0.05, 0.1) is 5.56 Å². The average molecular weight is 425 g/mol. The number of hydrogen-bond donors (Lipinski definition) is 1. The highest BCUT2D eigenvalue weighted by molar-refractivity contribution is 7.19. The van der Waals surface area contributed by atoms with Crippen molar-refractivity contribution in [2.45, 2.75) is 38.1 Å². The molecule has 1 saturated carbocycles. The Bertz CT molecular complexity index is 1020. The molecule has 1 aromatic heterocycles. The summed E-state index contributed by atoms with van der Waals surface area (Å²) < 4.78 is 14.5. The summed E-state index contributed by atoms with van der Waals surface area (Å²) >= 11 is 1.71. The zero-order chi connectivity index (χ0) is 21.3. The van der Waals surface area contributed by atoms with Gasteiger partial charge in [-0.1, -0.05) is 30.3 Å². The van der Waals surface area contributed by atoms with Gasteiger partial charge in [-0.2, -0.15) is 0 Å². The van der Waals surface area contributed by atoms with Gasteiger partial charge in [-0.15, -0.1) is 11.3 Å². The number of rotatable bonds is 6. The van der Waals surface area contributed by atoms with Gasteiger partial charge in [-0.25, -0.2) is 4.39 Å². The maximum Gasteiger partial charge on any atom is 0.250 e. The van der Waals surface area contributed by atoms with Gasteiger partial charge in [0.2, 0.25) is 5.91 Å². The summed E-state index contributed by atoms with van der Waals surface area (Å²) in [6, 6.07) is 15.3. The molecule has 1 aliphatic rings. The van der Waals surface area contributed by atoms with Crippen molar-refractivity contribution in [3.8, 4) is 0 Å². The van der Waals surface area contributed by atoms with Gasteiger partial charge in [-0.05, 0) is 81.8 Å². The lowest BCUT2D eigenvalue weighted by molar-refractivity contribution is 0.100. The lowest BCUT2D eigenvalue weighted by atomic mass is 9.75. The summed E-state index contributed by atoms with van der Waals surface area (Å²) in [6.45, 7) is 0. The van der Waals surface area contributed by atoms with Crippen LogP contribution in [0, 0.1) is 17.7 Å². The lowest BCUT2D eigenvalue weighted by Gasteiger charge is -2.37. The maximum absolute atomic E-state index is 13.4. The second-order valence-electron chi connectivity index (χ2n) is 8.71. The van der Waals surface area contributed by atoms with E-state index >= 15 is 0 Å². The van der Waals surface area contributed by atoms with E-state index in [1.165, 1.54) is 5.56 Å². The predicted molar refractivity (Wildman–Crippen MR) is 122 cm³/mol. The van der Waals surface area contributed by atoms with Crippen molar-refractivity contribution in [1.82, 2.24) is 4.90 Å². The van der Waals surface area contributed by atoms with Crippen molar-refractivity contribution in [2.75, 3.05) is 14.1 Å². The Hall–Kier alpha value is -2.24. The Labute approximate surface area is 181 Å². The number of fused-ring (bicyclic) bond motifs is 1. The summed E-state index contributed by atoms with van der Waals surface area (Å²) in [6.07, 6.45) is 5.49. The van der Waals surface area contributed by atoms with E-state index in [4.69, 9.17) is 5.73 Å². The number of carbonyl (C=O) groups is 1. The molecular weight excluding hydrogens is 395 g/mol. The largest absolute Gasteiger partial charge is 0.366 e. The number of primary amides is 1. The number of halogens is 1. The summed E-state index contributed by atoms with van der Waals surface area (Å²) in [5, 5.41) is 0.989. The highest BCUT2D eigenvalue weighted by Gasteiger charge is 2.31.